The minimum atomic E-state index is -1.06. The second-order valence-corrected chi connectivity index (χ2v) is 44.4. The number of para-hydroxylation sites is 4. The molecule has 4 atom stereocenters. The third-order valence-electron chi connectivity index (χ3n) is 26.5. The van der Waals surface area contributed by atoms with E-state index in [0.717, 1.165) is 139 Å². The van der Waals surface area contributed by atoms with Gasteiger partial charge in [0.25, 0.3) is 23.6 Å². The van der Waals surface area contributed by atoms with Crippen LogP contribution in [-0.4, -0.2) is 171 Å². The van der Waals surface area contributed by atoms with E-state index in [1.165, 1.54) is 0 Å². The van der Waals surface area contributed by atoms with Crippen molar-refractivity contribution in [3.8, 4) is 0 Å². The molecule has 4 unspecified atom stereocenters. The van der Waals surface area contributed by atoms with Crippen molar-refractivity contribution in [1.82, 2.24) is 42.5 Å². The molecule has 4 aliphatic heterocycles. The Bertz CT molecular complexity index is 5260. The number of halogens is 1. The van der Waals surface area contributed by atoms with Gasteiger partial charge in [0, 0.05) is 95.1 Å². The summed E-state index contributed by atoms with van der Waals surface area (Å²) in [4.78, 5) is 189. The van der Waals surface area contributed by atoms with Crippen molar-refractivity contribution >= 4 is 145 Å². The molecule has 4 heterocycles. The Hall–Kier alpha value is -11.6. The normalized spacial score (nSPS) is 18.9. The molecule has 0 saturated heterocycles. The van der Waals surface area contributed by atoms with Gasteiger partial charge in [0.1, 0.15) is 28.8 Å². The molecule has 788 valence electrons. The number of nitrogens with zero attached hydrogens (tertiary/aromatic N) is 6. The third kappa shape index (κ3) is 33.0. The summed E-state index contributed by atoms with van der Waals surface area (Å²) < 4.78 is 5.22. The number of carboxylic acid groups (broad SMARTS) is 1. The number of aliphatic carboxylic acids is 1. The molecule has 0 aromatic heterocycles. The van der Waals surface area contributed by atoms with Crippen molar-refractivity contribution in [1.29, 1.82) is 0 Å². The summed E-state index contributed by atoms with van der Waals surface area (Å²) in [5.74, 6) is -2.03. The zero-order valence-corrected chi connectivity index (χ0v) is 90.8. The number of carbonyl (C=O) groups excluding carboxylic acids is 12. The lowest BCUT2D eigenvalue weighted by Crippen LogP contribution is -2.60. The lowest BCUT2D eigenvalue weighted by atomic mass is 9.84. The predicted molar refractivity (Wildman–Crippen MR) is 581 cm³/mol. The van der Waals surface area contributed by atoms with Crippen LogP contribution >= 0.6 is 22.6 Å². The number of benzene rings is 5. The number of carbonyl (C=O) groups is 13. The first-order chi connectivity index (χ1) is 67.2. The van der Waals surface area contributed by atoms with E-state index in [4.69, 9.17) is 19.7 Å². The van der Waals surface area contributed by atoms with Crippen LogP contribution in [0.4, 0.5) is 27.5 Å². The highest BCUT2D eigenvalue weighted by molar-refractivity contribution is 14.1. The van der Waals surface area contributed by atoms with Crippen molar-refractivity contribution in [2.75, 3.05) is 39.5 Å². The van der Waals surface area contributed by atoms with Gasteiger partial charge in [-0.25, -0.2) is 9.59 Å². The summed E-state index contributed by atoms with van der Waals surface area (Å²) in [6.07, 6.45) is 11.3. The topological polar surface area (TPSA) is 428 Å². The van der Waals surface area contributed by atoms with Crippen LogP contribution in [0.1, 0.15) is 328 Å². The van der Waals surface area contributed by atoms with Gasteiger partial charge in [0.2, 0.25) is 66.0 Å². The summed E-state index contributed by atoms with van der Waals surface area (Å²) in [6.45, 7) is 41.1. The van der Waals surface area contributed by atoms with Crippen LogP contribution in [0.5, 0.6) is 0 Å². The zero-order chi connectivity index (χ0) is 106. The van der Waals surface area contributed by atoms with Crippen LogP contribution in [0, 0.1) is 45.3 Å². The number of likely N-dealkylation sites (N-methyl/N-ethyl adjacent to an activating group) is 2. The largest absolute Gasteiger partial charge is 0.480 e. The molecule has 4 fully saturated rings. The molecule has 4 aliphatic carbocycles. The fourth-order valence-electron chi connectivity index (χ4n) is 18.5. The number of alkyl carbamates (subject to hydrolysis) is 1. The number of carboxylic acids is 1. The Morgan fingerprint density at radius 2 is 0.625 bits per heavy atom. The first-order valence-electron chi connectivity index (χ1n) is 50.8. The Morgan fingerprint density at radius 3 is 0.924 bits per heavy atom. The number of benzodiazepines with no additional fused rings is 4. The first kappa shape index (κ1) is 119. The van der Waals surface area contributed by atoms with Crippen LogP contribution in [0.3, 0.4) is 0 Å². The summed E-state index contributed by atoms with van der Waals surface area (Å²) in [6, 6.07) is 39.7. The lowest BCUT2D eigenvalue weighted by molar-refractivity contribution is -0.147. The molecule has 4 saturated carbocycles. The van der Waals surface area contributed by atoms with Gasteiger partial charge in [-0.2, -0.15) is 0 Å². The molecule has 8 aliphatic rings. The predicted octanol–water partition coefficient (Wildman–Crippen LogP) is 18.7. The van der Waals surface area contributed by atoms with Crippen molar-refractivity contribution in [3.63, 3.8) is 0 Å². The Balaban J connectivity index is 0.000000246. The van der Waals surface area contributed by atoms with Crippen LogP contribution in [0.2, 0.25) is 0 Å². The first-order valence-corrected chi connectivity index (χ1v) is 53.0. The monoisotopic (exact) mass is 2100 g/mol. The maximum absolute atomic E-state index is 13.5. The summed E-state index contributed by atoms with van der Waals surface area (Å²) in [7, 11) is 3.42. The number of anilines is 4. The fraction of sp³-hybridized carbons (Fsp3) is 0.580. The number of hydrogen-bond donors (Lipinski definition) is 11. The Labute approximate surface area is 867 Å². The minimum Gasteiger partial charge on any atom is -0.480 e. The molecular formula is C112H163IN16O15. The van der Waals surface area contributed by atoms with Crippen molar-refractivity contribution < 1.29 is 72.2 Å². The average Bonchev–Trinajstić information content (AvgIpc) is 1.64. The van der Waals surface area contributed by atoms with Gasteiger partial charge in [-0.15, -0.1) is 0 Å². The number of amides is 12. The summed E-state index contributed by atoms with van der Waals surface area (Å²) in [5.41, 5.74) is 5.02. The van der Waals surface area contributed by atoms with E-state index in [2.05, 4.69) is 136 Å². The van der Waals surface area contributed by atoms with E-state index >= 15 is 0 Å². The molecule has 0 radical (unpaired) electrons. The number of alkyl halides is 1. The smallest absolute Gasteiger partial charge is 0.409 e. The van der Waals surface area contributed by atoms with E-state index in [0.29, 0.717) is 112 Å². The fourth-order valence-corrected chi connectivity index (χ4v) is 18.5. The molecule has 13 rings (SSSR count). The second kappa shape index (κ2) is 53.0. The van der Waals surface area contributed by atoms with Gasteiger partial charge < -0.3 is 67.5 Å². The molecule has 0 bridgehead atoms. The van der Waals surface area contributed by atoms with E-state index in [-0.39, 0.29) is 94.8 Å². The van der Waals surface area contributed by atoms with Gasteiger partial charge >= 0.3 is 12.1 Å². The molecule has 5 aromatic carbocycles. The van der Waals surface area contributed by atoms with E-state index in [9.17, 15) is 67.4 Å². The molecule has 5 aromatic rings. The lowest BCUT2D eigenvalue weighted by Gasteiger charge is -2.31. The molecule has 0 spiro atoms. The number of nitrogens with one attached hydrogen (secondary N) is 10. The molecular weight excluding hydrogens is 1940 g/mol. The SMILES string of the molecule is C.CC(C)(C)C1=NC(NC(=O)OCc2ccccc2)C(=O)Nc2ccccc21.CC(C)CCC(=O)NC1(C(=O)NC2N=C(C(C)(C)C)c3ccccc3N(C)C2=O)CCCC1.CC(C)CCC(=O)NC1(C(=O)NC2N=C(C(C)(C)C)c3ccccc3N(C)C2=O)CCCC1.CC(C)CCC(=O)NC1(C(=O)NC2N=C(C(C)(C)C)c3ccccc3NC2=O)CCCC1.CC(C)CCC(=O)NC1(C(=O)O)CCCC1.CI. The van der Waals surface area contributed by atoms with Crippen LogP contribution < -0.4 is 63.0 Å². The number of aliphatic imine (C=N–C) groups is 4. The second-order valence-electron chi connectivity index (χ2n) is 44.4. The van der Waals surface area contributed by atoms with Gasteiger partial charge in [-0.1, -0.05) is 323 Å². The zero-order valence-electron chi connectivity index (χ0n) is 88.6. The highest BCUT2D eigenvalue weighted by Gasteiger charge is 2.50. The summed E-state index contributed by atoms with van der Waals surface area (Å²) >= 11 is 2.15. The van der Waals surface area contributed by atoms with Gasteiger partial charge in [0.15, 0.2) is 0 Å². The van der Waals surface area contributed by atoms with E-state index in [1.54, 1.807) is 23.9 Å². The highest BCUT2D eigenvalue weighted by Crippen LogP contribution is 2.40. The van der Waals surface area contributed by atoms with Gasteiger partial charge in [-0.05, 0) is 135 Å². The number of ether oxygens (including phenoxy) is 1. The van der Waals surface area contributed by atoms with E-state index < -0.39 is 64.8 Å². The van der Waals surface area contributed by atoms with Gasteiger partial charge in [-0.3, -0.25) is 78.0 Å². The number of hydrogen-bond acceptors (Lipinski definition) is 18. The number of rotatable bonds is 26. The standard InChI is InChI=1S/2C26H38N4O3.C25H36N4O3.C21H23N3O3.C12H21NO3.CH3I.CH4/c2*1-17(2)13-14-20(31)29-26(15-9-10-16-26)24(33)28-22-23(32)30(6)19-12-8-7-11-18(19)21(27-22)25(3,4)5;1-16(2)12-13-19(30)29-25(14-8-9-15-25)23(32)28-21-22(31)26-18-11-7-6-10-17(18)20(27-21)24(3,4)5;1-21(2,3)17-15-11-7-8-12-16(15)22-19(25)18(23-17)24-20(26)27-13-14-9-5-4-6-10-14;1-9(2)5-6-10(14)13-12(11(15)16)7-3-4-8-12;1-2;/h2*7-8,11-12,17,22H,9-10,13-16H2,1-6H3,(H,28,33)(H,29,31);6-7,10-11,16,21H,8-9,12-15H2,1-5H3,(H,26,31)(H,28,32)(H,29,30);4-12,18H,13H2,1-3H3,(H,22,25)(H,24,26);9H,3-8H2,1-2H3,(H,13,14)(H,15,16);1H3;1H4. The maximum atomic E-state index is 13.5. The van der Waals surface area contributed by atoms with Crippen LogP contribution in [0.15, 0.2) is 147 Å². The maximum Gasteiger partial charge on any atom is 0.409 e. The molecule has 11 N–H and O–H groups in total. The van der Waals surface area contributed by atoms with Gasteiger partial charge in [0.05, 0.1) is 34.2 Å². The average molecular weight is 2100 g/mol. The highest BCUT2D eigenvalue weighted by atomic mass is 127. The van der Waals surface area contributed by atoms with Crippen LogP contribution in [-0.2, 0) is 68.9 Å². The van der Waals surface area contributed by atoms with Crippen molar-refractivity contribution in [3.05, 3.63) is 155 Å². The Morgan fingerprint density at radius 1 is 0.375 bits per heavy atom. The summed E-state index contributed by atoms with van der Waals surface area (Å²) in [5, 5.41) is 37.8. The third-order valence-corrected chi connectivity index (χ3v) is 26.5. The van der Waals surface area contributed by atoms with Crippen molar-refractivity contribution in [2.45, 2.75) is 353 Å². The molecule has 144 heavy (non-hydrogen) atoms. The quantitative estimate of drug-likeness (QED) is 0.0181. The molecule has 32 heteroatoms. The van der Waals surface area contributed by atoms with E-state index in [1.807, 2.05) is 215 Å². The minimum absolute atomic E-state index is 0. The van der Waals surface area contributed by atoms with Crippen LogP contribution in [0.25, 0.3) is 0 Å². The number of fused-ring (bicyclic) bond motifs is 4. The van der Waals surface area contributed by atoms with Crippen molar-refractivity contribution in [2.24, 2.45) is 65.3 Å². The molecule has 12 amide bonds. The molecule has 31 nitrogen and oxygen atoms in total. The Kier molecular flexibility index (Phi) is 43.9.